The van der Waals surface area contributed by atoms with Crippen molar-refractivity contribution in [2.75, 3.05) is 13.1 Å². The molecule has 2 heterocycles. The van der Waals surface area contributed by atoms with E-state index in [4.69, 9.17) is 4.42 Å². The fourth-order valence-corrected chi connectivity index (χ4v) is 1.90. The van der Waals surface area contributed by atoms with Crippen molar-refractivity contribution in [2.24, 2.45) is 0 Å². The normalized spacial score (nSPS) is 18.3. The molecule has 0 saturated carbocycles. The molecule has 0 amide bonds. The molecule has 14 heavy (non-hydrogen) atoms. The number of carbonyl (C=O) groups excluding carboxylic acids is 1. The number of nitrogens with zero attached hydrogens (tertiary/aromatic N) is 1. The summed E-state index contributed by atoms with van der Waals surface area (Å²) in [5.74, 6) is 0.807. The van der Waals surface area contributed by atoms with Crippen molar-refractivity contribution in [1.82, 2.24) is 4.90 Å². The number of furan rings is 1. The van der Waals surface area contributed by atoms with Gasteiger partial charge < -0.3 is 4.42 Å². The van der Waals surface area contributed by atoms with Crippen LogP contribution in [0.15, 0.2) is 16.7 Å². The zero-order valence-electron chi connectivity index (χ0n) is 8.24. The summed E-state index contributed by atoms with van der Waals surface area (Å²) >= 11 is 0. The molecule has 1 aliphatic rings. The van der Waals surface area contributed by atoms with Crippen LogP contribution in [0.1, 0.15) is 35.4 Å². The summed E-state index contributed by atoms with van der Waals surface area (Å²) in [6.45, 7) is 3.03. The summed E-state index contributed by atoms with van der Waals surface area (Å²) < 4.78 is 5.29. The molecule has 3 nitrogen and oxygen atoms in total. The van der Waals surface area contributed by atoms with Gasteiger partial charge in [-0.05, 0) is 32.0 Å². The SMILES string of the molecule is O=Cc1ccoc1CN1CCCCC1. The maximum atomic E-state index is 10.7. The highest BCUT2D eigenvalue weighted by Crippen LogP contribution is 2.15. The van der Waals surface area contributed by atoms with Crippen LogP contribution < -0.4 is 0 Å². The van der Waals surface area contributed by atoms with Crippen LogP contribution in [0.3, 0.4) is 0 Å². The fraction of sp³-hybridized carbons (Fsp3) is 0.545. The molecule has 0 aliphatic carbocycles. The Bertz CT molecular complexity index is 300. The smallest absolute Gasteiger partial charge is 0.153 e. The second kappa shape index (κ2) is 4.42. The predicted octanol–water partition coefficient (Wildman–Crippen LogP) is 2.08. The number of rotatable bonds is 3. The zero-order valence-corrected chi connectivity index (χ0v) is 8.24. The highest BCUT2D eigenvalue weighted by Gasteiger charge is 2.14. The Kier molecular flexibility index (Phi) is 2.99. The summed E-state index contributed by atoms with van der Waals surface area (Å²) in [4.78, 5) is 13.0. The van der Waals surface area contributed by atoms with Crippen LogP contribution in [-0.2, 0) is 6.54 Å². The highest BCUT2D eigenvalue weighted by atomic mass is 16.3. The molecule has 3 heteroatoms. The van der Waals surface area contributed by atoms with Gasteiger partial charge in [-0.15, -0.1) is 0 Å². The van der Waals surface area contributed by atoms with Gasteiger partial charge in [-0.25, -0.2) is 0 Å². The quantitative estimate of drug-likeness (QED) is 0.689. The highest BCUT2D eigenvalue weighted by molar-refractivity contribution is 5.75. The van der Waals surface area contributed by atoms with Crippen LogP contribution in [0.25, 0.3) is 0 Å². The molecule has 0 radical (unpaired) electrons. The van der Waals surface area contributed by atoms with E-state index in [1.54, 1.807) is 12.3 Å². The fourth-order valence-electron chi connectivity index (χ4n) is 1.90. The Hall–Kier alpha value is -1.09. The summed E-state index contributed by atoms with van der Waals surface area (Å²) in [6.07, 6.45) is 6.30. The first kappa shape index (κ1) is 9.46. The molecule has 0 atom stereocenters. The minimum atomic E-state index is 0.690. The summed E-state index contributed by atoms with van der Waals surface area (Å²) in [6, 6.07) is 1.73. The van der Waals surface area contributed by atoms with Gasteiger partial charge in [0.1, 0.15) is 5.76 Å². The van der Waals surface area contributed by atoms with Crippen LogP contribution in [0.2, 0.25) is 0 Å². The first-order valence-electron chi connectivity index (χ1n) is 5.14. The Morgan fingerprint density at radius 1 is 1.36 bits per heavy atom. The maximum Gasteiger partial charge on any atom is 0.153 e. The van der Waals surface area contributed by atoms with Gasteiger partial charge in [0.15, 0.2) is 6.29 Å². The Morgan fingerprint density at radius 2 is 2.14 bits per heavy atom. The van der Waals surface area contributed by atoms with Crippen LogP contribution in [-0.4, -0.2) is 24.3 Å². The maximum absolute atomic E-state index is 10.7. The van der Waals surface area contributed by atoms with E-state index in [0.29, 0.717) is 5.56 Å². The van der Waals surface area contributed by atoms with Gasteiger partial charge in [-0.1, -0.05) is 6.42 Å². The van der Waals surface area contributed by atoms with Gasteiger partial charge in [0.2, 0.25) is 0 Å². The van der Waals surface area contributed by atoms with Gasteiger partial charge in [0.25, 0.3) is 0 Å². The molecule has 1 fully saturated rings. The molecule has 0 bridgehead atoms. The van der Waals surface area contributed by atoms with E-state index < -0.39 is 0 Å². The molecular formula is C11H15NO2. The van der Waals surface area contributed by atoms with Crippen LogP contribution in [0, 0.1) is 0 Å². The summed E-state index contributed by atoms with van der Waals surface area (Å²) in [5, 5.41) is 0. The van der Waals surface area contributed by atoms with Gasteiger partial charge in [-0.3, -0.25) is 9.69 Å². The third kappa shape index (κ3) is 2.04. The van der Waals surface area contributed by atoms with E-state index in [9.17, 15) is 4.79 Å². The van der Waals surface area contributed by atoms with Crippen LogP contribution >= 0.6 is 0 Å². The monoisotopic (exact) mass is 193 g/mol. The lowest BCUT2D eigenvalue weighted by Crippen LogP contribution is -2.29. The third-order valence-electron chi connectivity index (χ3n) is 2.72. The van der Waals surface area contributed by atoms with Gasteiger partial charge in [0.05, 0.1) is 18.4 Å². The average molecular weight is 193 g/mol. The second-order valence-corrected chi connectivity index (χ2v) is 3.75. The standard InChI is InChI=1S/C11H15NO2/c13-9-10-4-7-14-11(10)8-12-5-2-1-3-6-12/h4,7,9H,1-3,5-6,8H2. The number of piperidine rings is 1. The van der Waals surface area contributed by atoms with Crippen molar-refractivity contribution >= 4 is 6.29 Å². The predicted molar refractivity (Wildman–Crippen MR) is 53.2 cm³/mol. The summed E-state index contributed by atoms with van der Waals surface area (Å²) in [5.41, 5.74) is 0.690. The van der Waals surface area contributed by atoms with E-state index in [-0.39, 0.29) is 0 Å². The van der Waals surface area contributed by atoms with E-state index in [2.05, 4.69) is 4.90 Å². The first-order valence-corrected chi connectivity index (χ1v) is 5.14. The van der Waals surface area contributed by atoms with Gasteiger partial charge in [-0.2, -0.15) is 0 Å². The number of hydrogen-bond acceptors (Lipinski definition) is 3. The largest absolute Gasteiger partial charge is 0.467 e. The lowest BCUT2D eigenvalue weighted by atomic mass is 10.1. The first-order chi connectivity index (χ1) is 6.90. The Labute approximate surface area is 83.7 Å². The van der Waals surface area contributed by atoms with Crippen molar-refractivity contribution in [2.45, 2.75) is 25.8 Å². The van der Waals surface area contributed by atoms with Gasteiger partial charge >= 0.3 is 0 Å². The van der Waals surface area contributed by atoms with Crippen LogP contribution in [0.4, 0.5) is 0 Å². The molecular weight excluding hydrogens is 178 g/mol. The van der Waals surface area contributed by atoms with Gasteiger partial charge in [0, 0.05) is 0 Å². The minimum Gasteiger partial charge on any atom is -0.467 e. The van der Waals surface area contributed by atoms with Crippen molar-refractivity contribution in [3.8, 4) is 0 Å². The molecule has 0 aromatic carbocycles. The van der Waals surface area contributed by atoms with E-state index in [1.165, 1.54) is 19.3 Å². The minimum absolute atomic E-state index is 0.690. The Morgan fingerprint density at radius 3 is 2.86 bits per heavy atom. The molecule has 1 aromatic rings. The lowest BCUT2D eigenvalue weighted by molar-refractivity contribution is 0.111. The third-order valence-corrected chi connectivity index (χ3v) is 2.72. The number of likely N-dealkylation sites (tertiary alicyclic amines) is 1. The lowest BCUT2D eigenvalue weighted by Gasteiger charge is -2.25. The molecule has 0 unspecified atom stereocenters. The zero-order chi connectivity index (χ0) is 9.80. The molecule has 0 spiro atoms. The molecule has 2 rings (SSSR count). The number of hydrogen-bond donors (Lipinski definition) is 0. The average Bonchev–Trinajstić information content (AvgIpc) is 2.67. The topological polar surface area (TPSA) is 33.5 Å². The van der Waals surface area contributed by atoms with E-state index in [1.807, 2.05) is 0 Å². The van der Waals surface area contributed by atoms with Crippen molar-refractivity contribution < 1.29 is 9.21 Å². The number of aldehydes is 1. The molecule has 0 N–H and O–H groups in total. The van der Waals surface area contributed by atoms with Crippen molar-refractivity contribution in [1.29, 1.82) is 0 Å². The molecule has 1 saturated heterocycles. The van der Waals surface area contributed by atoms with Crippen LogP contribution in [0.5, 0.6) is 0 Å². The van der Waals surface area contributed by atoms with Crippen molar-refractivity contribution in [3.05, 3.63) is 23.7 Å². The van der Waals surface area contributed by atoms with E-state index in [0.717, 1.165) is 31.7 Å². The second-order valence-electron chi connectivity index (χ2n) is 3.75. The van der Waals surface area contributed by atoms with Crippen molar-refractivity contribution in [3.63, 3.8) is 0 Å². The van der Waals surface area contributed by atoms with E-state index >= 15 is 0 Å². The Balaban J connectivity index is 1.98. The summed E-state index contributed by atoms with van der Waals surface area (Å²) in [7, 11) is 0. The number of carbonyl (C=O) groups is 1. The molecule has 76 valence electrons. The molecule has 1 aliphatic heterocycles. The molecule has 1 aromatic heterocycles.